The third-order valence-electron chi connectivity index (χ3n) is 9.44. The summed E-state index contributed by atoms with van der Waals surface area (Å²) in [5, 5.41) is 4.29. The Hall–Kier alpha value is -4.18. The van der Waals surface area contributed by atoms with Crippen LogP contribution in [0.3, 0.4) is 0 Å². The number of nitrogens with zero attached hydrogens (tertiary/aromatic N) is 8. The predicted octanol–water partition coefficient (Wildman–Crippen LogP) is 3.97. The van der Waals surface area contributed by atoms with Crippen molar-refractivity contribution in [2.24, 2.45) is 23.2 Å². The molecule has 0 bridgehead atoms. The number of amidine groups is 1. The first-order valence-corrected chi connectivity index (χ1v) is 14.4. The Bertz CT molecular complexity index is 1700. The van der Waals surface area contributed by atoms with Crippen molar-refractivity contribution in [2.45, 2.75) is 44.7 Å². The summed E-state index contributed by atoms with van der Waals surface area (Å²) in [6.45, 7) is 3.12. The zero-order chi connectivity index (χ0) is 27.7. The molecule has 2 N–H and O–H groups in total. The molecule has 3 aromatic heterocycles. The van der Waals surface area contributed by atoms with Crippen LogP contribution in [-0.4, -0.2) is 50.2 Å². The number of fused-ring (bicyclic) bond motifs is 3. The second kappa shape index (κ2) is 9.17. The van der Waals surface area contributed by atoms with Crippen molar-refractivity contribution in [3.63, 3.8) is 0 Å². The molecule has 1 fully saturated rings. The molecule has 1 aliphatic carbocycles. The summed E-state index contributed by atoms with van der Waals surface area (Å²) in [5.41, 5.74) is 14.8. The lowest BCUT2D eigenvalue weighted by atomic mass is 9.73. The molecule has 1 saturated heterocycles. The molecule has 3 aliphatic heterocycles. The third-order valence-corrected chi connectivity index (χ3v) is 9.44. The molecule has 0 radical (unpaired) electrons. The number of piperidine rings is 1. The number of halogens is 1. The van der Waals surface area contributed by atoms with Gasteiger partial charge in [-0.25, -0.2) is 14.4 Å². The molecule has 9 nitrogen and oxygen atoms in total. The zero-order valence-corrected chi connectivity index (χ0v) is 23.1. The number of rotatable bonds is 2. The minimum atomic E-state index is -0.206. The molecule has 1 atom stereocenters. The maximum absolute atomic E-state index is 13.9. The van der Waals surface area contributed by atoms with Crippen molar-refractivity contribution in [3.8, 4) is 11.3 Å². The molecule has 10 heteroatoms. The molecule has 208 valence electrons. The van der Waals surface area contributed by atoms with Crippen LogP contribution in [0, 0.1) is 11.2 Å². The van der Waals surface area contributed by atoms with Gasteiger partial charge in [0, 0.05) is 44.5 Å². The van der Waals surface area contributed by atoms with Gasteiger partial charge in [-0.1, -0.05) is 6.07 Å². The largest absolute Gasteiger partial charge is 0.355 e. The molecule has 0 unspecified atom stereocenters. The number of aromatic nitrogens is 5. The van der Waals surface area contributed by atoms with Crippen molar-refractivity contribution in [1.82, 2.24) is 24.7 Å². The predicted molar refractivity (Wildman–Crippen MR) is 155 cm³/mol. The van der Waals surface area contributed by atoms with Gasteiger partial charge in [-0.2, -0.15) is 5.10 Å². The number of benzene rings is 1. The standard InChI is InChI=1S/C31H32FN9/c1-39-18-20(15-36-39)23-6-7-26-24(37-23)3-2-10-41(26)30-28-25(16-35-30)38-27(17-34-28)40-11-8-31(9-12-40)14-19-4-5-21(32)13-22(19)29(31)33/h4-7,13,15,17-18,29H,2-3,8-12,14,16,33H2,1H3/t29-/m1/s1. The summed E-state index contributed by atoms with van der Waals surface area (Å²) >= 11 is 0. The highest BCUT2D eigenvalue weighted by atomic mass is 19.1. The van der Waals surface area contributed by atoms with Crippen LogP contribution in [-0.2, 0) is 26.4 Å². The van der Waals surface area contributed by atoms with E-state index in [4.69, 9.17) is 25.7 Å². The average Bonchev–Trinajstić information content (AvgIpc) is 3.69. The van der Waals surface area contributed by atoms with Gasteiger partial charge in [0.25, 0.3) is 0 Å². The first kappa shape index (κ1) is 24.6. The smallest absolute Gasteiger partial charge is 0.156 e. The molecule has 4 aromatic rings. The Morgan fingerprint density at radius 3 is 2.73 bits per heavy atom. The van der Waals surface area contributed by atoms with Crippen molar-refractivity contribution in [1.29, 1.82) is 0 Å². The number of hydrogen-bond acceptors (Lipinski definition) is 8. The SMILES string of the molecule is Cn1cc(-c2ccc3c(n2)CCCN3C2=NCc3nc(N4CCC5(CC4)Cc4ccc(F)cc4[C@H]5N)cnc32)cn1. The fraction of sp³-hybridized carbons (Fsp3) is 0.387. The topological polar surface area (TPSA) is 101 Å². The van der Waals surface area contributed by atoms with E-state index >= 15 is 0 Å². The highest BCUT2D eigenvalue weighted by Gasteiger charge is 2.46. The van der Waals surface area contributed by atoms with E-state index in [1.165, 1.54) is 5.56 Å². The fourth-order valence-corrected chi connectivity index (χ4v) is 7.19. The van der Waals surface area contributed by atoms with Crippen LogP contribution in [0.25, 0.3) is 11.3 Å². The first-order valence-electron chi connectivity index (χ1n) is 14.4. The van der Waals surface area contributed by atoms with Crippen LogP contribution in [0.5, 0.6) is 0 Å². The van der Waals surface area contributed by atoms with Crippen molar-refractivity contribution in [2.75, 3.05) is 29.4 Å². The molecule has 6 heterocycles. The third kappa shape index (κ3) is 3.95. The molecule has 0 amide bonds. The van der Waals surface area contributed by atoms with Crippen LogP contribution >= 0.6 is 0 Å². The van der Waals surface area contributed by atoms with Gasteiger partial charge in [0.1, 0.15) is 17.3 Å². The molecule has 0 saturated carbocycles. The molecule has 1 spiro atoms. The number of aliphatic imine (C=N–C) groups is 1. The van der Waals surface area contributed by atoms with Gasteiger partial charge in [0.15, 0.2) is 5.84 Å². The molecule has 4 aliphatic rings. The van der Waals surface area contributed by atoms with Crippen LogP contribution < -0.4 is 15.5 Å². The van der Waals surface area contributed by atoms with Gasteiger partial charge in [-0.05, 0) is 72.9 Å². The van der Waals surface area contributed by atoms with E-state index in [1.807, 2.05) is 31.7 Å². The lowest BCUT2D eigenvalue weighted by Crippen LogP contribution is -2.44. The molecular formula is C31H32FN9. The summed E-state index contributed by atoms with van der Waals surface area (Å²) in [7, 11) is 1.92. The Labute approximate surface area is 238 Å². The average molecular weight is 550 g/mol. The maximum Gasteiger partial charge on any atom is 0.156 e. The summed E-state index contributed by atoms with van der Waals surface area (Å²) in [6, 6.07) is 9.17. The Morgan fingerprint density at radius 1 is 1.02 bits per heavy atom. The van der Waals surface area contributed by atoms with E-state index in [9.17, 15) is 4.39 Å². The maximum atomic E-state index is 13.9. The van der Waals surface area contributed by atoms with Gasteiger partial charge < -0.3 is 15.5 Å². The lowest BCUT2D eigenvalue weighted by molar-refractivity contribution is 0.187. The van der Waals surface area contributed by atoms with E-state index in [0.29, 0.717) is 6.54 Å². The van der Waals surface area contributed by atoms with E-state index in [1.54, 1.807) is 16.8 Å². The summed E-state index contributed by atoms with van der Waals surface area (Å²) in [4.78, 5) is 24.4. The second-order valence-corrected chi connectivity index (χ2v) is 11.8. The van der Waals surface area contributed by atoms with Gasteiger partial charge >= 0.3 is 0 Å². The van der Waals surface area contributed by atoms with Crippen molar-refractivity contribution < 1.29 is 4.39 Å². The van der Waals surface area contributed by atoms with Gasteiger partial charge in [0.2, 0.25) is 0 Å². The van der Waals surface area contributed by atoms with Crippen molar-refractivity contribution >= 4 is 17.3 Å². The summed E-state index contributed by atoms with van der Waals surface area (Å²) in [5.74, 6) is 1.57. The quantitative estimate of drug-likeness (QED) is 0.404. The summed E-state index contributed by atoms with van der Waals surface area (Å²) < 4.78 is 15.7. The van der Waals surface area contributed by atoms with Crippen molar-refractivity contribution in [3.05, 3.63) is 82.9 Å². The number of anilines is 2. The highest BCUT2D eigenvalue weighted by molar-refractivity contribution is 6.11. The second-order valence-electron chi connectivity index (χ2n) is 11.8. The highest BCUT2D eigenvalue weighted by Crippen LogP contribution is 2.51. The monoisotopic (exact) mass is 549 g/mol. The van der Waals surface area contributed by atoms with E-state index in [-0.39, 0.29) is 17.3 Å². The Morgan fingerprint density at radius 2 is 1.90 bits per heavy atom. The minimum Gasteiger partial charge on any atom is -0.355 e. The summed E-state index contributed by atoms with van der Waals surface area (Å²) in [6.07, 6.45) is 10.5. The van der Waals surface area contributed by atoms with E-state index in [0.717, 1.165) is 103 Å². The number of aryl methyl sites for hydroxylation is 2. The van der Waals surface area contributed by atoms with E-state index in [2.05, 4.69) is 27.0 Å². The van der Waals surface area contributed by atoms with Gasteiger partial charge in [0.05, 0.1) is 41.7 Å². The molecule has 1 aromatic carbocycles. The van der Waals surface area contributed by atoms with Crippen LogP contribution in [0.2, 0.25) is 0 Å². The normalized spacial score (nSPS) is 20.7. The van der Waals surface area contributed by atoms with E-state index < -0.39 is 0 Å². The Kier molecular flexibility index (Phi) is 5.50. The zero-order valence-electron chi connectivity index (χ0n) is 23.1. The lowest BCUT2D eigenvalue weighted by Gasteiger charge is -2.42. The van der Waals surface area contributed by atoms with Crippen LogP contribution in [0.4, 0.5) is 15.9 Å². The number of hydrogen-bond donors (Lipinski definition) is 1. The van der Waals surface area contributed by atoms with Gasteiger partial charge in [-0.15, -0.1) is 0 Å². The van der Waals surface area contributed by atoms with Crippen LogP contribution in [0.1, 0.15) is 53.5 Å². The number of pyridine rings is 1. The van der Waals surface area contributed by atoms with Crippen LogP contribution in [0.15, 0.2) is 53.9 Å². The minimum absolute atomic E-state index is 0.0142. The fourth-order valence-electron chi connectivity index (χ4n) is 7.19. The van der Waals surface area contributed by atoms with Gasteiger partial charge in [-0.3, -0.25) is 14.7 Å². The molecule has 41 heavy (non-hydrogen) atoms. The number of nitrogens with two attached hydrogens (primary N) is 1. The molecular weight excluding hydrogens is 517 g/mol. The Balaban J connectivity index is 0.997. The first-order chi connectivity index (χ1) is 20.0. The molecule has 8 rings (SSSR count).